The maximum atomic E-state index is 10.4. The Kier molecular flexibility index (Phi) is 9.96. The lowest BCUT2D eigenvalue weighted by atomic mass is 9.88. The minimum Gasteiger partial charge on any atom is -0.450 e. The first-order chi connectivity index (χ1) is 7.33. The molecular formula is C12H24O4. The van der Waals surface area contributed by atoms with Crippen LogP contribution in [0.4, 0.5) is 4.79 Å². The molecule has 0 amide bonds. The van der Waals surface area contributed by atoms with E-state index in [1.807, 2.05) is 13.8 Å². The van der Waals surface area contributed by atoms with Crippen LogP contribution < -0.4 is 0 Å². The molecule has 0 aromatic carbocycles. The van der Waals surface area contributed by atoms with Crippen molar-refractivity contribution in [3.05, 3.63) is 0 Å². The lowest BCUT2D eigenvalue weighted by Gasteiger charge is -2.31. The van der Waals surface area contributed by atoms with Crippen molar-refractivity contribution >= 4 is 12.4 Å². The molecule has 96 valence electrons. The Labute approximate surface area is 98.0 Å². The normalized spacial score (nSPS) is 13.4. The molecule has 0 rings (SSSR count). The smallest absolute Gasteiger partial charge is 0.450 e. The van der Waals surface area contributed by atoms with E-state index in [1.54, 1.807) is 6.92 Å². The molecule has 0 spiro atoms. The van der Waals surface area contributed by atoms with E-state index >= 15 is 0 Å². The van der Waals surface area contributed by atoms with Crippen LogP contribution in [-0.4, -0.2) is 23.1 Å². The van der Waals surface area contributed by atoms with Crippen molar-refractivity contribution < 1.29 is 19.4 Å². The number of hydrogen-bond acceptors (Lipinski definition) is 3. The van der Waals surface area contributed by atoms with E-state index in [0.29, 0.717) is 12.8 Å². The highest BCUT2D eigenvalue weighted by atomic mass is 16.7. The van der Waals surface area contributed by atoms with Crippen LogP contribution in [0.2, 0.25) is 0 Å². The van der Waals surface area contributed by atoms with Gasteiger partial charge in [0.05, 0.1) is 0 Å². The first kappa shape index (κ1) is 17.3. The quantitative estimate of drug-likeness (QED) is 0.582. The Morgan fingerprint density at radius 3 is 2.12 bits per heavy atom. The minimum absolute atomic E-state index is 0.0588. The summed E-state index contributed by atoms with van der Waals surface area (Å²) in [5.41, 5.74) is -0.757. The second-order valence-electron chi connectivity index (χ2n) is 4.25. The molecule has 0 aliphatic carbocycles. The van der Waals surface area contributed by atoms with Crippen molar-refractivity contribution in [2.45, 2.75) is 59.5 Å². The Hall–Kier alpha value is -1.06. The second-order valence-corrected chi connectivity index (χ2v) is 4.25. The third-order valence-electron chi connectivity index (χ3n) is 2.30. The second kappa shape index (κ2) is 9.19. The van der Waals surface area contributed by atoms with Gasteiger partial charge in [-0.2, -0.15) is 0 Å². The SMILES string of the molecule is CC(C)C(C)(CCC=O)OC(=O)O.CCC. The number of aldehydes is 1. The first-order valence-corrected chi connectivity index (χ1v) is 5.69. The number of rotatable bonds is 5. The standard InChI is InChI=1S/C9H16O4.C3H8/c1-7(2)9(3,5-4-6-10)13-8(11)12;1-3-2/h6-7H,4-5H2,1-3H3,(H,11,12);3H2,1-2H3. The topological polar surface area (TPSA) is 63.6 Å². The zero-order chi connectivity index (χ0) is 13.2. The molecule has 0 aliphatic rings. The summed E-state index contributed by atoms with van der Waals surface area (Å²) in [6.07, 6.45) is 1.48. The van der Waals surface area contributed by atoms with Crippen LogP contribution in [-0.2, 0) is 9.53 Å². The molecule has 4 nitrogen and oxygen atoms in total. The molecule has 1 atom stereocenters. The van der Waals surface area contributed by atoms with Crippen molar-refractivity contribution in [2.75, 3.05) is 0 Å². The predicted molar refractivity (Wildman–Crippen MR) is 63.6 cm³/mol. The van der Waals surface area contributed by atoms with Gasteiger partial charge in [-0.25, -0.2) is 4.79 Å². The molecular weight excluding hydrogens is 208 g/mol. The molecule has 0 aromatic rings. The van der Waals surface area contributed by atoms with Gasteiger partial charge in [0.1, 0.15) is 11.9 Å². The third kappa shape index (κ3) is 8.26. The molecule has 1 N–H and O–H groups in total. The molecule has 0 saturated heterocycles. The van der Waals surface area contributed by atoms with E-state index in [1.165, 1.54) is 6.42 Å². The van der Waals surface area contributed by atoms with Crippen LogP contribution in [0.5, 0.6) is 0 Å². The number of carbonyl (C=O) groups is 2. The van der Waals surface area contributed by atoms with Crippen molar-refractivity contribution in [3.63, 3.8) is 0 Å². The Bertz CT molecular complexity index is 201. The molecule has 1 unspecified atom stereocenters. The molecule has 16 heavy (non-hydrogen) atoms. The van der Waals surface area contributed by atoms with Crippen LogP contribution >= 0.6 is 0 Å². The highest BCUT2D eigenvalue weighted by molar-refractivity contribution is 5.57. The number of ether oxygens (including phenoxy) is 1. The summed E-state index contributed by atoms with van der Waals surface area (Å²) in [6, 6.07) is 0. The largest absolute Gasteiger partial charge is 0.506 e. The van der Waals surface area contributed by atoms with Gasteiger partial charge >= 0.3 is 6.16 Å². The summed E-state index contributed by atoms with van der Waals surface area (Å²) >= 11 is 0. The number of hydrogen-bond donors (Lipinski definition) is 1. The summed E-state index contributed by atoms with van der Waals surface area (Å²) in [7, 11) is 0. The summed E-state index contributed by atoms with van der Waals surface area (Å²) in [6.45, 7) is 9.69. The number of carboxylic acid groups (broad SMARTS) is 1. The molecule has 0 fully saturated rings. The lowest BCUT2D eigenvalue weighted by Crippen LogP contribution is -2.36. The third-order valence-corrected chi connectivity index (χ3v) is 2.30. The van der Waals surface area contributed by atoms with Crippen molar-refractivity contribution in [1.82, 2.24) is 0 Å². The molecule has 0 aromatic heterocycles. The summed E-state index contributed by atoms with van der Waals surface area (Å²) in [4.78, 5) is 20.5. The first-order valence-electron chi connectivity index (χ1n) is 5.69. The fourth-order valence-corrected chi connectivity index (χ4v) is 1.00. The molecule has 0 saturated carbocycles. The maximum Gasteiger partial charge on any atom is 0.506 e. The maximum absolute atomic E-state index is 10.4. The predicted octanol–water partition coefficient (Wildman–Crippen LogP) is 3.49. The summed E-state index contributed by atoms with van der Waals surface area (Å²) in [5, 5.41) is 8.49. The number of carbonyl (C=O) groups excluding carboxylic acids is 1. The monoisotopic (exact) mass is 232 g/mol. The van der Waals surface area contributed by atoms with Crippen molar-refractivity contribution in [2.24, 2.45) is 5.92 Å². The molecule has 4 heteroatoms. The van der Waals surface area contributed by atoms with E-state index in [4.69, 9.17) is 9.84 Å². The lowest BCUT2D eigenvalue weighted by molar-refractivity contribution is -0.110. The van der Waals surface area contributed by atoms with Gasteiger partial charge in [-0.15, -0.1) is 0 Å². The van der Waals surface area contributed by atoms with Gasteiger partial charge in [0.25, 0.3) is 0 Å². The van der Waals surface area contributed by atoms with Crippen LogP contribution in [0.15, 0.2) is 0 Å². The van der Waals surface area contributed by atoms with E-state index in [9.17, 15) is 9.59 Å². The average molecular weight is 232 g/mol. The summed E-state index contributed by atoms with van der Waals surface area (Å²) < 4.78 is 4.76. The van der Waals surface area contributed by atoms with Gasteiger partial charge < -0.3 is 14.6 Å². The minimum atomic E-state index is -1.29. The van der Waals surface area contributed by atoms with E-state index in [2.05, 4.69) is 13.8 Å². The fraction of sp³-hybridized carbons (Fsp3) is 0.833. The van der Waals surface area contributed by atoms with Crippen molar-refractivity contribution in [3.8, 4) is 0 Å². The highest BCUT2D eigenvalue weighted by Gasteiger charge is 2.32. The molecule has 0 aliphatic heterocycles. The zero-order valence-electron chi connectivity index (χ0n) is 10.9. The van der Waals surface area contributed by atoms with Gasteiger partial charge in [0.15, 0.2) is 0 Å². The van der Waals surface area contributed by atoms with Crippen LogP contribution in [0.25, 0.3) is 0 Å². The molecule has 0 heterocycles. The van der Waals surface area contributed by atoms with Gasteiger partial charge in [0, 0.05) is 6.42 Å². The van der Waals surface area contributed by atoms with Crippen molar-refractivity contribution in [1.29, 1.82) is 0 Å². The Balaban J connectivity index is 0. The van der Waals surface area contributed by atoms with Crippen LogP contribution in [0.1, 0.15) is 53.9 Å². The van der Waals surface area contributed by atoms with E-state index in [0.717, 1.165) is 6.29 Å². The van der Waals surface area contributed by atoms with Crippen LogP contribution in [0, 0.1) is 5.92 Å². The van der Waals surface area contributed by atoms with Gasteiger partial charge in [0.2, 0.25) is 0 Å². The van der Waals surface area contributed by atoms with Gasteiger partial charge in [-0.05, 0) is 19.3 Å². The Morgan fingerprint density at radius 1 is 1.44 bits per heavy atom. The zero-order valence-corrected chi connectivity index (χ0v) is 10.9. The van der Waals surface area contributed by atoms with E-state index < -0.39 is 11.8 Å². The summed E-state index contributed by atoms with van der Waals surface area (Å²) in [5.74, 6) is 0.0588. The average Bonchev–Trinajstić information content (AvgIpc) is 2.14. The highest BCUT2D eigenvalue weighted by Crippen LogP contribution is 2.26. The fourth-order valence-electron chi connectivity index (χ4n) is 1.00. The molecule has 0 bridgehead atoms. The van der Waals surface area contributed by atoms with E-state index in [-0.39, 0.29) is 5.92 Å². The van der Waals surface area contributed by atoms with Crippen LogP contribution in [0.3, 0.4) is 0 Å². The van der Waals surface area contributed by atoms with Gasteiger partial charge in [-0.1, -0.05) is 34.1 Å². The molecule has 0 radical (unpaired) electrons. The Morgan fingerprint density at radius 2 is 1.88 bits per heavy atom. The van der Waals surface area contributed by atoms with Gasteiger partial charge in [-0.3, -0.25) is 0 Å².